The van der Waals surface area contributed by atoms with Gasteiger partial charge < -0.3 is 19.5 Å². The molecule has 1 fully saturated rings. The second-order valence-corrected chi connectivity index (χ2v) is 5.86. The van der Waals surface area contributed by atoms with Gasteiger partial charge in [-0.2, -0.15) is 0 Å². The normalized spacial score (nSPS) is 20.7. The van der Waals surface area contributed by atoms with E-state index < -0.39 is 5.79 Å². The molecule has 0 saturated carbocycles. The Labute approximate surface area is 126 Å². The molecule has 1 aliphatic rings. The fraction of sp³-hybridized carbons (Fsp3) is 0.500. The summed E-state index contributed by atoms with van der Waals surface area (Å²) in [6.07, 6.45) is -0.127. The molecular weight excluding hydrogens is 326 g/mol. The van der Waals surface area contributed by atoms with Gasteiger partial charge in [0, 0.05) is 11.0 Å². The van der Waals surface area contributed by atoms with Gasteiger partial charge in [-0.15, -0.1) is 0 Å². The SMILES string of the molecule is COc1ccc(Br)c(C(=O)NCC2COC(C)(C)O2)c1. The van der Waals surface area contributed by atoms with Crippen LogP contribution in [-0.2, 0) is 9.47 Å². The van der Waals surface area contributed by atoms with Crippen molar-refractivity contribution in [3.63, 3.8) is 0 Å². The van der Waals surface area contributed by atoms with E-state index in [4.69, 9.17) is 14.2 Å². The van der Waals surface area contributed by atoms with Gasteiger partial charge in [0.15, 0.2) is 5.79 Å². The van der Waals surface area contributed by atoms with Crippen molar-refractivity contribution in [2.45, 2.75) is 25.7 Å². The van der Waals surface area contributed by atoms with Crippen molar-refractivity contribution < 1.29 is 19.0 Å². The minimum Gasteiger partial charge on any atom is -0.497 e. The molecule has 5 nitrogen and oxygen atoms in total. The fourth-order valence-corrected chi connectivity index (χ4v) is 2.40. The van der Waals surface area contributed by atoms with Crippen molar-refractivity contribution in [1.29, 1.82) is 0 Å². The number of rotatable bonds is 4. The molecule has 1 unspecified atom stereocenters. The number of hydrogen-bond donors (Lipinski definition) is 1. The average Bonchev–Trinajstić information content (AvgIpc) is 2.76. The second kappa shape index (κ2) is 6.11. The summed E-state index contributed by atoms with van der Waals surface area (Å²) in [6, 6.07) is 5.26. The van der Waals surface area contributed by atoms with Gasteiger partial charge in [0.2, 0.25) is 0 Å². The number of carbonyl (C=O) groups is 1. The molecule has 1 heterocycles. The second-order valence-electron chi connectivity index (χ2n) is 5.01. The van der Waals surface area contributed by atoms with Crippen molar-refractivity contribution in [3.8, 4) is 5.75 Å². The van der Waals surface area contributed by atoms with Crippen LogP contribution in [0.1, 0.15) is 24.2 Å². The van der Waals surface area contributed by atoms with Crippen LogP contribution in [0.2, 0.25) is 0 Å². The molecule has 0 aliphatic carbocycles. The predicted molar refractivity (Wildman–Crippen MR) is 77.9 cm³/mol. The molecule has 1 aromatic rings. The summed E-state index contributed by atoms with van der Waals surface area (Å²) in [5.41, 5.74) is 0.530. The first-order chi connectivity index (χ1) is 9.41. The number of nitrogens with one attached hydrogen (secondary N) is 1. The van der Waals surface area contributed by atoms with Crippen LogP contribution in [0.25, 0.3) is 0 Å². The smallest absolute Gasteiger partial charge is 0.252 e. The third kappa shape index (κ3) is 3.71. The molecule has 1 atom stereocenters. The molecule has 1 N–H and O–H groups in total. The zero-order valence-corrected chi connectivity index (χ0v) is 13.3. The summed E-state index contributed by atoms with van der Waals surface area (Å²) in [5, 5.41) is 2.84. The highest BCUT2D eigenvalue weighted by atomic mass is 79.9. The molecule has 0 aromatic heterocycles. The molecule has 0 radical (unpaired) electrons. The van der Waals surface area contributed by atoms with Crippen LogP contribution >= 0.6 is 15.9 Å². The first-order valence-corrected chi connectivity index (χ1v) is 7.14. The molecule has 2 rings (SSSR count). The van der Waals surface area contributed by atoms with E-state index in [2.05, 4.69) is 21.2 Å². The van der Waals surface area contributed by atoms with Gasteiger partial charge in [-0.05, 0) is 48.0 Å². The highest BCUT2D eigenvalue weighted by molar-refractivity contribution is 9.10. The third-order valence-electron chi connectivity index (χ3n) is 2.98. The summed E-state index contributed by atoms with van der Waals surface area (Å²) in [4.78, 5) is 12.2. The minimum absolute atomic E-state index is 0.127. The largest absolute Gasteiger partial charge is 0.497 e. The Hall–Kier alpha value is -1.11. The number of amides is 1. The van der Waals surface area contributed by atoms with E-state index in [1.54, 1.807) is 25.3 Å². The third-order valence-corrected chi connectivity index (χ3v) is 3.67. The first-order valence-electron chi connectivity index (χ1n) is 6.35. The maximum atomic E-state index is 12.2. The Bertz CT molecular complexity index is 504. The fourth-order valence-electron chi connectivity index (χ4n) is 1.97. The standard InChI is InChI=1S/C14H18BrNO4/c1-14(2)19-8-10(20-14)7-16-13(17)11-6-9(18-3)4-5-12(11)15/h4-6,10H,7-8H2,1-3H3,(H,16,17). The van der Waals surface area contributed by atoms with Crippen LogP contribution in [-0.4, -0.2) is 38.1 Å². The van der Waals surface area contributed by atoms with Crippen LogP contribution in [0.5, 0.6) is 5.75 Å². The molecule has 0 bridgehead atoms. The van der Waals surface area contributed by atoms with Crippen LogP contribution in [0, 0.1) is 0 Å². The molecule has 110 valence electrons. The van der Waals surface area contributed by atoms with Crippen molar-refractivity contribution in [1.82, 2.24) is 5.32 Å². The van der Waals surface area contributed by atoms with Gasteiger partial charge in [0.1, 0.15) is 11.9 Å². The lowest BCUT2D eigenvalue weighted by Gasteiger charge is -2.17. The molecule has 20 heavy (non-hydrogen) atoms. The Balaban J connectivity index is 1.95. The quantitative estimate of drug-likeness (QED) is 0.911. The van der Waals surface area contributed by atoms with E-state index >= 15 is 0 Å². The zero-order valence-electron chi connectivity index (χ0n) is 11.7. The molecular formula is C14H18BrNO4. The lowest BCUT2D eigenvalue weighted by molar-refractivity contribution is -0.137. The van der Waals surface area contributed by atoms with E-state index in [0.717, 1.165) is 4.47 Å². The summed E-state index contributed by atoms with van der Waals surface area (Å²) in [7, 11) is 1.57. The average molecular weight is 344 g/mol. The van der Waals surface area contributed by atoms with Gasteiger partial charge >= 0.3 is 0 Å². The molecule has 1 amide bonds. The van der Waals surface area contributed by atoms with E-state index in [9.17, 15) is 4.79 Å². The van der Waals surface area contributed by atoms with Crippen molar-refractivity contribution in [2.24, 2.45) is 0 Å². The highest BCUT2D eigenvalue weighted by Gasteiger charge is 2.32. The van der Waals surface area contributed by atoms with Gasteiger partial charge in [0.25, 0.3) is 5.91 Å². The molecule has 6 heteroatoms. The van der Waals surface area contributed by atoms with Crippen LogP contribution in [0.4, 0.5) is 0 Å². The number of ether oxygens (including phenoxy) is 3. The summed E-state index contributed by atoms with van der Waals surface area (Å²) < 4.78 is 16.9. The first kappa shape index (κ1) is 15.3. The Morgan fingerprint density at radius 2 is 2.30 bits per heavy atom. The van der Waals surface area contributed by atoms with E-state index in [1.165, 1.54) is 0 Å². The van der Waals surface area contributed by atoms with Gasteiger partial charge in [-0.1, -0.05) is 0 Å². The number of halogens is 1. The zero-order chi connectivity index (χ0) is 14.8. The van der Waals surface area contributed by atoms with Gasteiger partial charge in [-0.3, -0.25) is 4.79 Å². The van der Waals surface area contributed by atoms with Crippen LogP contribution in [0.3, 0.4) is 0 Å². The number of hydrogen-bond acceptors (Lipinski definition) is 4. The maximum Gasteiger partial charge on any atom is 0.252 e. The van der Waals surface area contributed by atoms with E-state index in [1.807, 2.05) is 13.8 Å². The lowest BCUT2D eigenvalue weighted by Crippen LogP contribution is -2.34. The molecule has 0 spiro atoms. The predicted octanol–water partition coefficient (Wildman–Crippen LogP) is 2.34. The van der Waals surface area contributed by atoms with Gasteiger partial charge in [0.05, 0.1) is 19.3 Å². The van der Waals surface area contributed by atoms with Gasteiger partial charge in [-0.25, -0.2) is 0 Å². The highest BCUT2D eigenvalue weighted by Crippen LogP contribution is 2.23. The molecule has 1 aromatic carbocycles. The number of carbonyl (C=O) groups excluding carboxylic acids is 1. The van der Waals surface area contributed by atoms with Crippen molar-refractivity contribution >= 4 is 21.8 Å². The number of methoxy groups -OCH3 is 1. The Morgan fingerprint density at radius 3 is 2.90 bits per heavy atom. The summed E-state index contributed by atoms with van der Waals surface area (Å²) in [6.45, 7) is 4.60. The van der Waals surface area contributed by atoms with Crippen molar-refractivity contribution in [3.05, 3.63) is 28.2 Å². The number of benzene rings is 1. The molecule has 1 saturated heterocycles. The van der Waals surface area contributed by atoms with E-state index in [-0.39, 0.29) is 12.0 Å². The van der Waals surface area contributed by atoms with E-state index in [0.29, 0.717) is 24.5 Å². The Kier molecular flexibility index (Phi) is 4.67. The Morgan fingerprint density at radius 1 is 1.55 bits per heavy atom. The minimum atomic E-state index is -0.577. The van der Waals surface area contributed by atoms with Crippen LogP contribution < -0.4 is 10.1 Å². The molecule has 1 aliphatic heterocycles. The monoisotopic (exact) mass is 343 g/mol. The maximum absolute atomic E-state index is 12.2. The van der Waals surface area contributed by atoms with Crippen molar-refractivity contribution in [2.75, 3.05) is 20.3 Å². The van der Waals surface area contributed by atoms with Crippen LogP contribution in [0.15, 0.2) is 22.7 Å². The lowest BCUT2D eigenvalue weighted by atomic mass is 10.2. The topological polar surface area (TPSA) is 56.8 Å². The summed E-state index contributed by atoms with van der Waals surface area (Å²) >= 11 is 3.36. The summed E-state index contributed by atoms with van der Waals surface area (Å²) in [5.74, 6) is -0.115.